The van der Waals surface area contributed by atoms with Gasteiger partial charge in [0.1, 0.15) is 0 Å². The van der Waals surface area contributed by atoms with Crippen LogP contribution in [0.4, 0.5) is 11.9 Å². The predicted octanol–water partition coefficient (Wildman–Crippen LogP) is 0.380. The van der Waals surface area contributed by atoms with Crippen molar-refractivity contribution in [1.29, 1.82) is 0 Å². The Balaban J connectivity index is 2.57. The summed E-state index contributed by atoms with van der Waals surface area (Å²) in [6, 6.07) is 0.276. The molecule has 0 spiro atoms. The zero-order valence-electron chi connectivity index (χ0n) is 11.3. The fourth-order valence-corrected chi connectivity index (χ4v) is 1.27. The van der Waals surface area contributed by atoms with Gasteiger partial charge in [-0.05, 0) is 12.8 Å². The maximum Gasteiger partial charge on any atom is 0.323 e. The van der Waals surface area contributed by atoms with Crippen molar-refractivity contribution in [1.82, 2.24) is 15.0 Å². The first-order valence-corrected chi connectivity index (χ1v) is 6.24. The Kier molecular flexibility index (Phi) is 6.34. The summed E-state index contributed by atoms with van der Waals surface area (Å²) >= 11 is 0. The Morgan fingerprint density at radius 3 is 2.68 bits per heavy atom. The molecule has 0 saturated carbocycles. The summed E-state index contributed by atoms with van der Waals surface area (Å²) in [7, 11) is 1.72. The monoisotopic (exact) mass is 268 g/mol. The molecule has 0 aliphatic heterocycles. The van der Waals surface area contributed by atoms with Gasteiger partial charge in [0.15, 0.2) is 0 Å². The van der Waals surface area contributed by atoms with Gasteiger partial charge < -0.3 is 21.1 Å². The molecular formula is C11H20N6O2. The molecule has 1 rings (SSSR count). The topological polar surface area (TPSA) is 115 Å². The van der Waals surface area contributed by atoms with E-state index < -0.39 is 0 Å². The zero-order valence-corrected chi connectivity index (χ0v) is 11.3. The van der Waals surface area contributed by atoms with Crippen molar-refractivity contribution in [3.63, 3.8) is 0 Å². The average molecular weight is 268 g/mol. The molecule has 8 heteroatoms. The van der Waals surface area contributed by atoms with E-state index in [9.17, 15) is 4.79 Å². The molecule has 0 aliphatic carbocycles. The van der Waals surface area contributed by atoms with Gasteiger partial charge in [0.2, 0.25) is 17.8 Å². The molecule has 1 heterocycles. The van der Waals surface area contributed by atoms with Crippen molar-refractivity contribution in [2.45, 2.75) is 26.2 Å². The first-order valence-electron chi connectivity index (χ1n) is 6.24. The Morgan fingerprint density at radius 2 is 2.05 bits per heavy atom. The van der Waals surface area contributed by atoms with Crippen molar-refractivity contribution >= 4 is 17.8 Å². The highest BCUT2D eigenvalue weighted by Gasteiger charge is 2.06. The van der Waals surface area contributed by atoms with Crippen molar-refractivity contribution in [3.05, 3.63) is 0 Å². The number of nitrogens with two attached hydrogens (primary N) is 1. The summed E-state index contributed by atoms with van der Waals surface area (Å²) in [6.07, 6.45) is 1.83. The Morgan fingerprint density at radius 1 is 1.32 bits per heavy atom. The molecule has 0 radical (unpaired) electrons. The zero-order chi connectivity index (χ0) is 14.1. The lowest BCUT2D eigenvalue weighted by Crippen LogP contribution is -2.14. The van der Waals surface area contributed by atoms with Crippen LogP contribution in [0.1, 0.15) is 26.2 Å². The number of primary amides is 1. The SMILES string of the molecule is CCCOc1nc(NC)nc(NCCCC(N)=O)n1. The van der Waals surface area contributed by atoms with Gasteiger partial charge in [-0.2, -0.15) is 15.0 Å². The molecule has 1 amide bonds. The third-order valence-electron chi connectivity index (χ3n) is 2.16. The molecule has 106 valence electrons. The van der Waals surface area contributed by atoms with E-state index in [0.29, 0.717) is 37.9 Å². The second-order valence-corrected chi connectivity index (χ2v) is 3.86. The molecule has 0 atom stereocenters. The van der Waals surface area contributed by atoms with Crippen LogP contribution in [0.25, 0.3) is 0 Å². The van der Waals surface area contributed by atoms with E-state index in [2.05, 4.69) is 25.6 Å². The van der Waals surface area contributed by atoms with Crippen molar-refractivity contribution in [3.8, 4) is 6.01 Å². The van der Waals surface area contributed by atoms with Crippen LogP contribution in [0.5, 0.6) is 6.01 Å². The molecule has 0 saturated heterocycles. The molecule has 0 aliphatic rings. The highest BCUT2D eigenvalue weighted by atomic mass is 16.5. The molecule has 8 nitrogen and oxygen atoms in total. The molecule has 1 aromatic heterocycles. The van der Waals surface area contributed by atoms with E-state index in [-0.39, 0.29) is 11.9 Å². The largest absolute Gasteiger partial charge is 0.463 e. The number of rotatable bonds is 9. The van der Waals surface area contributed by atoms with Crippen molar-refractivity contribution in [2.24, 2.45) is 5.73 Å². The van der Waals surface area contributed by atoms with Crippen molar-refractivity contribution in [2.75, 3.05) is 30.8 Å². The van der Waals surface area contributed by atoms with Crippen LogP contribution in [0, 0.1) is 0 Å². The number of ether oxygens (including phenoxy) is 1. The number of aromatic nitrogens is 3. The number of carbonyl (C=O) groups is 1. The third-order valence-corrected chi connectivity index (χ3v) is 2.16. The Hall–Kier alpha value is -2.12. The summed E-state index contributed by atoms with van der Waals surface area (Å²) in [5.74, 6) is 0.522. The summed E-state index contributed by atoms with van der Waals surface area (Å²) in [5.41, 5.74) is 5.06. The number of hydrogen-bond donors (Lipinski definition) is 3. The van der Waals surface area contributed by atoms with E-state index in [1.165, 1.54) is 0 Å². The number of nitrogens with one attached hydrogen (secondary N) is 2. The van der Waals surface area contributed by atoms with Gasteiger partial charge in [-0.1, -0.05) is 6.92 Å². The number of anilines is 2. The van der Waals surface area contributed by atoms with Crippen LogP contribution in [0.15, 0.2) is 0 Å². The second-order valence-electron chi connectivity index (χ2n) is 3.86. The quantitative estimate of drug-likeness (QED) is 0.554. The predicted molar refractivity (Wildman–Crippen MR) is 72.1 cm³/mol. The number of carbonyl (C=O) groups excluding carboxylic acids is 1. The Labute approximate surface area is 112 Å². The molecular weight excluding hydrogens is 248 g/mol. The number of nitrogens with zero attached hydrogens (tertiary/aromatic N) is 3. The lowest BCUT2D eigenvalue weighted by Gasteiger charge is -2.08. The summed E-state index contributed by atoms with van der Waals surface area (Å²) in [4.78, 5) is 22.9. The Bertz CT molecular complexity index is 412. The van der Waals surface area contributed by atoms with E-state index >= 15 is 0 Å². The summed E-state index contributed by atoms with van der Waals surface area (Å²) < 4.78 is 5.37. The van der Waals surface area contributed by atoms with Gasteiger partial charge in [0, 0.05) is 20.0 Å². The van der Waals surface area contributed by atoms with Crippen LogP contribution in [-0.2, 0) is 4.79 Å². The molecule has 0 aromatic carbocycles. The lowest BCUT2D eigenvalue weighted by atomic mass is 10.3. The van der Waals surface area contributed by atoms with Gasteiger partial charge in [0.25, 0.3) is 0 Å². The van der Waals surface area contributed by atoms with Crippen molar-refractivity contribution < 1.29 is 9.53 Å². The normalized spacial score (nSPS) is 10.0. The van der Waals surface area contributed by atoms with Gasteiger partial charge >= 0.3 is 6.01 Å². The van der Waals surface area contributed by atoms with E-state index in [0.717, 1.165) is 6.42 Å². The first kappa shape index (κ1) is 14.9. The highest BCUT2D eigenvalue weighted by Crippen LogP contribution is 2.11. The average Bonchev–Trinajstić information content (AvgIpc) is 2.41. The van der Waals surface area contributed by atoms with Gasteiger partial charge in [-0.3, -0.25) is 4.79 Å². The maximum atomic E-state index is 10.6. The van der Waals surface area contributed by atoms with Crippen LogP contribution in [0.2, 0.25) is 0 Å². The smallest absolute Gasteiger partial charge is 0.323 e. The molecule has 0 bridgehead atoms. The highest BCUT2D eigenvalue weighted by molar-refractivity contribution is 5.73. The third kappa shape index (κ3) is 5.84. The minimum atomic E-state index is -0.319. The fraction of sp³-hybridized carbons (Fsp3) is 0.636. The van der Waals surface area contributed by atoms with E-state index in [4.69, 9.17) is 10.5 Å². The standard InChI is InChI=1S/C11H20N6O2/c1-3-7-19-11-16-9(13-2)15-10(17-11)14-6-4-5-8(12)18/h3-7H2,1-2H3,(H2,12,18)(H2,13,14,15,16,17). The maximum absolute atomic E-state index is 10.6. The lowest BCUT2D eigenvalue weighted by molar-refractivity contribution is -0.118. The second kappa shape index (κ2) is 8.06. The number of hydrogen-bond acceptors (Lipinski definition) is 7. The minimum Gasteiger partial charge on any atom is -0.463 e. The minimum absolute atomic E-state index is 0.276. The van der Waals surface area contributed by atoms with Gasteiger partial charge in [-0.25, -0.2) is 0 Å². The van der Waals surface area contributed by atoms with Crippen LogP contribution in [-0.4, -0.2) is 41.1 Å². The van der Waals surface area contributed by atoms with E-state index in [1.54, 1.807) is 7.05 Å². The van der Waals surface area contributed by atoms with Crippen LogP contribution >= 0.6 is 0 Å². The molecule has 0 fully saturated rings. The number of amides is 1. The van der Waals surface area contributed by atoms with Crippen LogP contribution in [0.3, 0.4) is 0 Å². The fourth-order valence-electron chi connectivity index (χ4n) is 1.27. The molecule has 0 unspecified atom stereocenters. The summed E-state index contributed by atoms with van der Waals surface area (Å²) in [6.45, 7) is 3.11. The van der Waals surface area contributed by atoms with E-state index in [1.807, 2.05) is 6.92 Å². The molecule has 4 N–H and O–H groups in total. The summed E-state index contributed by atoms with van der Waals surface area (Å²) in [5, 5.41) is 5.84. The van der Waals surface area contributed by atoms with Crippen LogP contribution < -0.4 is 21.1 Å². The molecule has 1 aromatic rings. The molecule has 19 heavy (non-hydrogen) atoms. The van der Waals surface area contributed by atoms with Gasteiger partial charge in [0.05, 0.1) is 6.61 Å². The first-order chi connectivity index (χ1) is 9.15. The van der Waals surface area contributed by atoms with Gasteiger partial charge in [-0.15, -0.1) is 0 Å².